The number of furan rings is 1. The molecule has 14 heavy (non-hydrogen) atoms. The molecule has 0 spiro atoms. The van der Waals surface area contributed by atoms with Crippen molar-refractivity contribution in [2.24, 2.45) is 0 Å². The highest BCUT2D eigenvalue weighted by Gasteiger charge is 2.01. The van der Waals surface area contributed by atoms with Crippen LogP contribution in [0.1, 0.15) is 24.4 Å². The predicted molar refractivity (Wildman–Crippen MR) is 58.0 cm³/mol. The van der Waals surface area contributed by atoms with Crippen LogP contribution in [0.3, 0.4) is 0 Å². The van der Waals surface area contributed by atoms with E-state index < -0.39 is 0 Å². The second-order valence-electron chi connectivity index (χ2n) is 2.45. The lowest BCUT2D eigenvalue weighted by atomic mass is 10.2. The number of halogens is 1. The topological polar surface area (TPSA) is 30.2 Å². The summed E-state index contributed by atoms with van der Waals surface area (Å²) in [6.07, 6.45) is 0.675. The molecule has 0 atom stereocenters. The maximum absolute atomic E-state index is 10.3. The van der Waals surface area contributed by atoms with Gasteiger partial charge in [-0.2, -0.15) is 0 Å². The van der Waals surface area contributed by atoms with Gasteiger partial charge in [-0.25, -0.2) is 0 Å². The molecule has 1 aromatic carbocycles. The Labute approximate surface area is 87.5 Å². The van der Waals surface area contributed by atoms with Crippen molar-refractivity contribution < 1.29 is 9.21 Å². The molecular weight excluding hydrogens is 200 g/mol. The summed E-state index contributed by atoms with van der Waals surface area (Å²) < 4.78 is 5.15. The van der Waals surface area contributed by atoms with E-state index in [1.807, 2.05) is 13.8 Å². The van der Waals surface area contributed by atoms with Crippen molar-refractivity contribution in [1.82, 2.24) is 0 Å². The van der Waals surface area contributed by atoms with E-state index in [-0.39, 0.29) is 0 Å². The van der Waals surface area contributed by atoms with Crippen LogP contribution in [0.5, 0.6) is 0 Å². The third-order valence-electron chi connectivity index (χ3n) is 1.61. The van der Waals surface area contributed by atoms with Crippen molar-refractivity contribution in [3.05, 3.63) is 35.0 Å². The highest BCUT2D eigenvalue weighted by Crippen LogP contribution is 2.21. The second kappa shape index (κ2) is 4.82. The zero-order valence-electron chi connectivity index (χ0n) is 8.08. The molecule has 0 aliphatic carbocycles. The van der Waals surface area contributed by atoms with Crippen LogP contribution in [0.2, 0.25) is 5.02 Å². The Kier molecular flexibility index (Phi) is 3.72. The summed E-state index contributed by atoms with van der Waals surface area (Å²) in [7, 11) is 0. The molecule has 2 aromatic rings. The lowest BCUT2D eigenvalue weighted by Crippen LogP contribution is -1.65. The summed E-state index contributed by atoms with van der Waals surface area (Å²) in [5.41, 5.74) is 0.682. The van der Waals surface area contributed by atoms with E-state index in [2.05, 4.69) is 0 Å². The van der Waals surface area contributed by atoms with E-state index in [1.54, 1.807) is 24.3 Å². The summed E-state index contributed by atoms with van der Waals surface area (Å²) in [6.45, 7) is 4.00. The quantitative estimate of drug-likeness (QED) is 0.668. The van der Waals surface area contributed by atoms with Crippen molar-refractivity contribution in [1.29, 1.82) is 0 Å². The Morgan fingerprint density at radius 2 is 2.00 bits per heavy atom. The van der Waals surface area contributed by atoms with Crippen LogP contribution in [-0.2, 0) is 0 Å². The van der Waals surface area contributed by atoms with Crippen molar-refractivity contribution >= 4 is 28.9 Å². The molecular formula is C11H11ClO2. The molecule has 0 amide bonds. The van der Waals surface area contributed by atoms with Crippen LogP contribution in [0.25, 0.3) is 11.0 Å². The Bertz CT molecular complexity index is 432. The first-order valence-electron chi connectivity index (χ1n) is 4.44. The fourth-order valence-electron chi connectivity index (χ4n) is 1.09. The van der Waals surface area contributed by atoms with E-state index in [4.69, 9.17) is 16.0 Å². The monoisotopic (exact) mass is 210 g/mol. The number of hydrogen-bond acceptors (Lipinski definition) is 2. The van der Waals surface area contributed by atoms with Gasteiger partial charge in [0, 0.05) is 10.4 Å². The first-order chi connectivity index (χ1) is 6.79. The van der Waals surface area contributed by atoms with Crippen molar-refractivity contribution in [3.63, 3.8) is 0 Å². The molecule has 0 fully saturated rings. The standard InChI is InChI=1S/C9H5ClO2.C2H6/c10-7-1-2-9-6(3-7)4-8(5-11)12-9;1-2/h1-5H;1-2H3. The van der Waals surface area contributed by atoms with E-state index in [1.165, 1.54) is 0 Å². The molecule has 0 radical (unpaired) electrons. The minimum absolute atomic E-state index is 0.326. The van der Waals surface area contributed by atoms with Gasteiger partial charge in [0.2, 0.25) is 0 Å². The molecule has 3 heteroatoms. The van der Waals surface area contributed by atoms with Crippen LogP contribution in [-0.4, -0.2) is 6.29 Å². The molecule has 0 aliphatic rings. The van der Waals surface area contributed by atoms with Gasteiger partial charge in [-0.05, 0) is 24.3 Å². The largest absolute Gasteiger partial charge is 0.453 e. The molecule has 0 aliphatic heterocycles. The highest BCUT2D eigenvalue weighted by atomic mass is 35.5. The normalized spacial score (nSPS) is 9.36. The minimum Gasteiger partial charge on any atom is -0.453 e. The zero-order valence-corrected chi connectivity index (χ0v) is 8.84. The molecule has 2 nitrogen and oxygen atoms in total. The lowest BCUT2D eigenvalue weighted by molar-refractivity contribution is 0.110. The maximum Gasteiger partial charge on any atom is 0.185 e. The molecule has 1 aromatic heterocycles. The van der Waals surface area contributed by atoms with Crippen LogP contribution in [0.15, 0.2) is 28.7 Å². The average molecular weight is 211 g/mol. The smallest absolute Gasteiger partial charge is 0.185 e. The molecule has 0 saturated carbocycles. The van der Waals surface area contributed by atoms with Crippen LogP contribution >= 0.6 is 11.6 Å². The number of benzene rings is 1. The maximum atomic E-state index is 10.3. The van der Waals surface area contributed by atoms with Gasteiger partial charge < -0.3 is 4.42 Å². The van der Waals surface area contributed by atoms with Crippen LogP contribution < -0.4 is 0 Å². The van der Waals surface area contributed by atoms with Crippen LogP contribution in [0, 0.1) is 0 Å². The fourth-order valence-corrected chi connectivity index (χ4v) is 1.27. The van der Waals surface area contributed by atoms with Crippen molar-refractivity contribution in [3.8, 4) is 0 Å². The van der Waals surface area contributed by atoms with Gasteiger partial charge >= 0.3 is 0 Å². The van der Waals surface area contributed by atoms with E-state index in [9.17, 15) is 4.79 Å². The van der Waals surface area contributed by atoms with Gasteiger partial charge in [0.25, 0.3) is 0 Å². The molecule has 2 rings (SSSR count). The third-order valence-corrected chi connectivity index (χ3v) is 1.85. The fraction of sp³-hybridized carbons (Fsp3) is 0.182. The molecule has 0 bridgehead atoms. The van der Waals surface area contributed by atoms with Gasteiger partial charge in [0.15, 0.2) is 12.0 Å². The molecule has 0 saturated heterocycles. The number of rotatable bonds is 1. The molecule has 74 valence electrons. The lowest BCUT2D eigenvalue weighted by Gasteiger charge is -1.87. The van der Waals surface area contributed by atoms with Gasteiger partial charge in [0.1, 0.15) is 5.58 Å². The summed E-state index contributed by atoms with van der Waals surface area (Å²) in [4.78, 5) is 10.3. The third kappa shape index (κ3) is 2.15. The molecule has 0 N–H and O–H groups in total. The Morgan fingerprint density at radius 1 is 1.29 bits per heavy atom. The average Bonchev–Trinajstić information content (AvgIpc) is 2.62. The molecule has 0 unspecified atom stereocenters. The first-order valence-corrected chi connectivity index (χ1v) is 4.81. The highest BCUT2D eigenvalue weighted by molar-refractivity contribution is 6.31. The number of carbonyl (C=O) groups excluding carboxylic acids is 1. The van der Waals surface area contributed by atoms with Gasteiger partial charge in [-0.1, -0.05) is 25.4 Å². The Balaban J connectivity index is 0.000000461. The van der Waals surface area contributed by atoms with E-state index in [0.717, 1.165) is 5.39 Å². The first kappa shape index (κ1) is 10.8. The van der Waals surface area contributed by atoms with E-state index >= 15 is 0 Å². The SMILES string of the molecule is CC.O=Cc1cc2cc(Cl)ccc2o1. The predicted octanol–water partition coefficient (Wildman–Crippen LogP) is 3.92. The van der Waals surface area contributed by atoms with E-state index in [0.29, 0.717) is 22.7 Å². The second-order valence-corrected chi connectivity index (χ2v) is 2.89. The summed E-state index contributed by atoms with van der Waals surface area (Å²) in [5.74, 6) is 0.326. The Morgan fingerprint density at radius 3 is 2.64 bits per heavy atom. The number of carbonyl (C=O) groups is 1. The van der Waals surface area contributed by atoms with Gasteiger partial charge in [0.05, 0.1) is 0 Å². The molecule has 1 heterocycles. The minimum atomic E-state index is 0.326. The van der Waals surface area contributed by atoms with Gasteiger partial charge in [-0.3, -0.25) is 4.79 Å². The van der Waals surface area contributed by atoms with Crippen molar-refractivity contribution in [2.45, 2.75) is 13.8 Å². The van der Waals surface area contributed by atoms with Crippen LogP contribution in [0.4, 0.5) is 0 Å². The zero-order chi connectivity index (χ0) is 10.6. The summed E-state index contributed by atoms with van der Waals surface area (Å²) in [5, 5.41) is 1.49. The van der Waals surface area contributed by atoms with Gasteiger partial charge in [-0.15, -0.1) is 0 Å². The Hall–Kier alpha value is -1.28. The number of hydrogen-bond donors (Lipinski definition) is 0. The summed E-state index contributed by atoms with van der Waals surface area (Å²) >= 11 is 5.74. The number of aldehydes is 1. The van der Waals surface area contributed by atoms with Crippen molar-refractivity contribution in [2.75, 3.05) is 0 Å². The summed E-state index contributed by atoms with van der Waals surface area (Å²) in [6, 6.07) is 6.88. The number of fused-ring (bicyclic) bond motifs is 1.